The molecule has 3 aliphatic heterocycles. The molecule has 0 aliphatic carbocycles. The largest absolute Gasteiger partial charge is 0.496 e. The lowest BCUT2D eigenvalue weighted by molar-refractivity contribution is -0.122. The molecule has 36 heavy (non-hydrogen) atoms. The molecule has 6 rings (SSSR count). The highest BCUT2D eigenvalue weighted by Crippen LogP contribution is 2.54. The number of anilines is 1. The summed E-state index contributed by atoms with van der Waals surface area (Å²) in [6, 6.07) is 18.5. The molecule has 0 saturated carbocycles. The highest BCUT2D eigenvalue weighted by Gasteiger charge is 2.57. The van der Waals surface area contributed by atoms with Gasteiger partial charge in [0, 0.05) is 42.5 Å². The number of urea groups is 1. The van der Waals surface area contributed by atoms with E-state index < -0.39 is 5.41 Å². The minimum atomic E-state index is -0.959. The van der Waals surface area contributed by atoms with E-state index in [1.54, 1.807) is 18.1 Å². The fourth-order valence-electron chi connectivity index (χ4n) is 5.15. The molecule has 2 N–H and O–H groups in total. The molecule has 184 valence electrons. The normalized spacial score (nSPS) is 18.6. The quantitative estimate of drug-likeness (QED) is 0.555. The van der Waals surface area contributed by atoms with Crippen LogP contribution in [0.25, 0.3) is 0 Å². The van der Waals surface area contributed by atoms with Crippen LogP contribution in [-0.4, -0.2) is 45.5 Å². The minimum absolute atomic E-state index is 0.0856. The molecule has 9 nitrogen and oxygen atoms in total. The van der Waals surface area contributed by atoms with Gasteiger partial charge in [-0.05, 0) is 23.8 Å². The van der Waals surface area contributed by atoms with Gasteiger partial charge in [0.1, 0.15) is 23.5 Å². The van der Waals surface area contributed by atoms with Crippen LogP contribution < -0.4 is 34.5 Å². The number of ether oxygens (including phenoxy) is 4. The lowest BCUT2D eigenvalue weighted by Crippen LogP contribution is -2.46. The SMILES string of the molecule is COc1ccccc1CNC(=O)NCCN1C(=O)C2(COc3cc4c(cc32)OCO4)c2ccccc21. The smallest absolute Gasteiger partial charge is 0.315 e. The zero-order valence-electron chi connectivity index (χ0n) is 19.7. The van der Waals surface area contributed by atoms with Crippen molar-refractivity contribution in [1.82, 2.24) is 10.6 Å². The Kier molecular flexibility index (Phi) is 5.32. The molecule has 3 amide bonds. The van der Waals surface area contributed by atoms with Crippen molar-refractivity contribution in [2.75, 3.05) is 38.5 Å². The summed E-state index contributed by atoms with van der Waals surface area (Å²) in [6.07, 6.45) is 0. The zero-order valence-corrected chi connectivity index (χ0v) is 19.7. The van der Waals surface area contributed by atoms with Gasteiger partial charge in [-0.15, -0.1) is 0 Å². The fraction of sp³-hybridized carbons (Fsp3) is 0.259. The first-order chi connectivity index (χ1) is 17.6. The Bertz CT molecular complexity index is 1360. The minimum Gasteiger partial charge on any atom is -0.496 e. The van der Waals surface area contributed by atoms with E-state index >= 15 is 0 Å². The first-order valence-electron chi connectivity index (χ1n) is 11.7. The van der Waals surface area contributed by atoms with Crippen LogP contribution in [0.1, 0.15) is 16.7 Å². The van der Waals surface area contributed by atoms with Gasteiger partial charge in [-0.25, -0.2) is 4.79 Å². The van der Waals surface area contributed by atoms with Crippen molar-refractivity contribution in [3.8, 4) is 23.0 Å². The summed E-state index contributed by atoms with van der Waals surface area (Å²) in [5.74, 6) is 2.47. The Labute approximate surface area is 207 Å². The molecule has 3 aromatic rings. The Balaban J connectivity index is 1.17. The second-order valence-corrected chi connectivity index (χ2v) is 8.79. The van der Waals surface area contributed by atoms with E-state index in [1.807, 2.05) is 54.6 Å². The number of carbonyl (C=O) groups is 2. The van der Waals surface area contributed by atoms with Crippen LogP contribution in [0.4, 0.5) is 10.5 Å². The molecule has 0 aromatic heterocycles. The first-order valence-corrected chi connectivity index (χ1v) is 11.7. The lowest BCUT2D eigenvalue weighted by atomic mass is 9.77. The maximum Gasteiger partial charge on any atom is 0.315 e. The third-order valence-electron chi connectivity index (χ3n) is 6.90. The third-order valence-corrected chi connectivity index (χ3v) is 6.90. The predicted molar refractivity (Wildman–Crippen MR) is 131 cm³/mol. The van der Waals surface area contributed by atoms with Gasteiger partial charge in [-0.1, -0.05) is 36.4 Å². The van der Waals surface area contributed by atoms with Crippen LogP contribution >= 0.6 is 0 Å². The van der Waals surface area contributed by atoms with Crippen LogP contribution in [0.2, 0.25) is 0 Å². The van der Waals surface area contributed by atoms with E-state index in [4.69, 9.17) is 18.9 Å². The predicted octanol–water partition coefficient (Wildman–Crippen LogP) is 2.95. The highest BCUT2D eigenvalue weighted by molar-refractivity contribution is 6.11. The van der Waals surface area contributed by atoms with Gasteiger partial charge in [0.15, 0.2) is 11.5 Å². The summed E-state index contributed by atoms with van der Waals surface area (Å²) in [5.41, 5.74) is 2.38. The van der Waals surface area contributed by atoms with E-state index in [9.17, 15) is 9.59 Å². The van der Waals surface area contributed by atoms with E-state index in [-0.39, 0.29) is 31.9 Å². The van der Waals surface area contributed by atoms with Crippen molar-refractivity contribution in [2.45, 2.75) is 12.0 Å². The molecule has 9 heteroatoms. The van der Waals surface area contributed by atoms with Crippen LogP contribution in [-0.2, 0) is 16.8 Å². The molecule has 1 spiro atoms. The molecule has 1 atom stereocenters. The Morgan fingerprint density at radius 1 is 0.972 bits per heavy atom. The molecular weight excluding hydrogens is 462 g/mol. The van der Waals surface area contributed by atoms with Crippen LogP contribution in [0.3, 0.4) is 0 Å². The van der Waals surface area contributed by atoms with Gasteiger partial charge < -0.3 is 34.5 Å². The number of rotatable bonds is 6. The molecule has 0 fully saturated rings. The summed E-state index contributed by atoms with van der Waals surface area (Å²) >= 11 is 0. The number of hydrogen-bond donors (Lipinski definition) is 2. The lowest BCUT2D eigenvalue weighted by Gasteiger charge is -2.23. The number of benzene rings is 3. The van der Waals surface area contributed by atoms with Crippen molar-refractivity contribution in [2.24, 2.45) is 0 Å². The summed E-state index contributed by atoms with van der Waals surface area (Å²) in [4.78, 5) is 28.1. The molecule has 0 saturated heterocycles. The second kappa shape index (κ2) is 8.67. The number of nitrogens with zero attached hydrogens (tertiary/aromatic N) is 1. The van der Waals surface area contributed by atoms with E-state index in [0.29, 0.717) is 36.1 Å². The fourth-order valence-corrected chi connectivity index (χ4v) is 5.15. The Morgan fingerprint density at radius 2 is 1.75 bits per heavy atom. The number of fused-ring (bicyclic) bond motifs is 5. The molecule has 3 aromatic carbocycles. The number of para-hydroxylation sites is 2. The van der Waals surface area contributed by atoms with E-state index in [0.717, 1.165) is 22.4 Å². The Morgan fingerprint density at radius 3 is 2.61 bits per heavy atom. The molecule has 3 heterocycles. The maximum atomic E-state index is 13.9. The number of carbonyl (C=O) groups excluding carboxylic acids is 2. The topological polar surface area (TPSA) is 98.4 Å². The number of amides is 3. The first kappa shape index (κ1) is 22.1. The average Bonchev–Trinajstić information content (AvgIpc) is 3.58. The highest BCUT2D eigenvalue weighted by atomic mass is 16.7. The van der Waals surface area contributed by atoms with Crippen LogP contribution in [0, 0.1) is 0 Å². The van der Waals surface area contributed by atoms with E-state index in [2.05, 4.69) is 10.6 Å². The summed E-state index contributed by atoms with van der Waals surface area (Å²) < 4.78 is 22.4. The standard InChI is InChI=1S/C27H25N3O6/c1-33-21-9-5-2-6-17(21)14-29-26(32)28-10-11-30-20-8-4-3-7-18(20)27(25(30)31)15-34-22-13-24-23(12-19(22)27)35-16-36-24/h2-9,12-13H,10-11,14-16H2,1H3,(H2,28,29,32). The van der Waals surface area contributed by atoms with Gasteiger partial charge in [0.2, 0.25) is 12.7 Å². The van der Waals surface area contributed by atoms with Gasteiger partial charge in [-0.2, -0.15) is 0 Å². The number of nitrogens with one attached hydrogen (secondary N) is 2. The van der Waals surface area contributed by atoms with E-state index in [1.165, 1.54) is 0 Å². The molecule has 1 unspecified atom stereocenters. The van der Waals surface area contributed by atoms with Crippen molar-refractivity contribution < 1.29 is 28.5 Å². The maximum absolute atomic E-state index is 13.9. The van der Waals surface area contributed by atoms with Crippen molar-refractivity contribution in [3.63, 3.8) is 0 Å². The summed E-state index contributed by atoms with van der Waals surface area (Å²) in [6.45, 7) is 1.27. The van der Waals surface area contributed by atoms with Gasteiger partial charge in [-0.3, -0.25) is 4.79 Å². The molecular formula is C27H25N3O6. The number of hydrogen-bond acceptors (Lipinski definition) is 6. The summed E-state index contributed by atoms with van der Waals surface area (Å²) in [5, 5.41) is 5.68. The third kappa shape index (κ3) is 3.38. The van der Waals surface area contributed by atoms with Crippen LogP contribution in [0.5, 0.6) is 23.0 Å². The Hall–Kier alpha value is -4.40. The number of methoxy groups -OCH3 is 1. The monoisotopic (exact) mass is 487 g/mol. The van der Waals surface area contributed by atoms with Gasteiger partial charge in [0.25, 0.3) is 0 Å². The van der Waals surface area contributed by atoms with Crippen LogP contribution in [0.15, 0.2) is 60.7 Å². The zero-order chi connectivity index (χ0) is 24.7. The van der Waals surface area contributed by atoms with Gasteiger partial charge >= 0.3 is 6.03 Å². The van der Waals surface area contributed by atoms with Gasteiger partial charge in [0.05, 0.1) is 7.11 Å². The van der Waals surface area contributed by atoms with Crippen molar-refractivity contribution in [1.29, 1.82) is 0 Å². The van der Waals surface area contributed by atoms with Crippen molar-refractivity contribution >= 4 is 17.6 Å². The average molecular weight is 488 g/mol. The second-order valence-electron chi connectivity index (χ2n) is 8.79. The van der Waals surface area contributed by atoms with Crippen molar-refractivity contribution in [3.05, 3.63) is 77.4 Å². The molecule has 3 aliphatic rings. The molecule has 0 radical (unpaired) electrons. The summed E-state index contributed by atoms with van der Waals surface area (Å²) in [7, 11) is 1.60. The molecule has 0 bridgehead atoms.